The minimum absolute atomic E-state index is 0.151. The van der Waals surface area contributed by atoms with E-state index in [4.69, 9.17) is 21.2 Å². The molecule has 1 saturated carbocycles. The van der Waals surface area contributed by atoms with Crippen molar-refractivity contribution in [3.8, 4) is 11.5 Å². The van der Waals surface area contributed by atoms with Gasteiger partial charge in [-0.3, -0.25) is 4.98 Å². The van der Waals surface area contributed by atoms with Crippen LogP contribution in [0.15, 0.2) is 30.5 Å². The van der Waals surface area contributed by atoms with Crippen LogP contribution in [0.25, 0.3) is 10.2 Å². The van der Waals surface area contributed by atoms with Crippen molar-refractivity contribution < 1.29 is 18.8 Å². The number of pyridine rings is 1. The van der Waals surface area contributed by atoms with Gasteiger partial charge in [0.2, 0.25) is 0 Å². The van der Waals surface area contributed by atoms with Gasteiger partial charge in [-0.05, 0) is 25.0 Å². The zero-order valence-electron chi connectivity index (χ0n) is 14.1. The highest BCUT2D eigenvalue weighted by molar-refractivity contribution is 7.22. The fourth-order valence-corrected chi connectivity index (χ4v) is 4.23. The number of carbonyl (C=O) groups excluding carboxylic acids is 1. The van der Waals surface area contributed by atoms with Gasteiger partial charge in [0.05, 0.1) is 15.9 Å². The van der Waals surface area contributed by atoms with Gasteiger partial charge in [-0.25, -0.2) is 14.2 Å². The van der Waals surface area contributed by atoms with E-state index in [0.717, 1.165) is 31.4 Å². The van der Waals surface area contributed by atoms with Crippen LogP contribution >= 0.6 is 22.9 Å². The van der Waals surface area contributed by atoms with Crippen molar-refractivity contribution in [3.63, 3.8) is 0 Å². The number of ether oxygens (including phenoxy) is 1. The van der Waals surface area contributed by atoms with Crippen LogP contribution in [0.4, 0.5) is 9.18 Å². The number of hydrogen-bond donors (Lipinski definition) is 1. The number of hydroxylamine groups is 1. The molecule has 6 nitrogen and oxygen atoms in total. The summed E-state index contributed by atoms with van der Waals surface area (Å²) in [4.78, 5) is 25.5. The van der Waals surface area contributed by atoms with Crippen LogP contribution in [0.2, 0.25) is 4.47 Å². The summed E-state index contributed by atoms with van der Waals surface area (Å²) in [5.74, 6) is -0.152. The van der Waals surface area contributed by atoms with Crippen LogP contribution in [0.1, 0.15) is 37.3 Å². The third-order valence-electron chi connectivity index (χ3n) is 4.40. The number of rotatable bonds is 4. The molecular formula is C18H15ClFN3O3S. The molecule has 0 saturated heterocycles. The third-order valence-corrected chi connectivity index (χ3v) is 5.53. The Balaban J connectivity index is 1.44. The van der Waals surface area contributed by atoms with Crippen LogP contribution in [0, 0.1) is 5.82 Å². The van der Waals surface area contributed by atoms with Crippen molar-refractivity contribution in [2.75, 3.05) is 0 Å². The average molecular weight is 408 g/mol. The summed E-state index contributed by atoms with van der Waals surface area (Å²) in [6.45, 7) is 0. The molecule has 1 aliphatic carbocycles. The van der Waals surface area contributed by atoms with Gasteiger partial charge >= 0.3 is 6.09 Å². The first-order valence-corrected chi connectivity index (χ1v) is 9.65. The fraction of sp³-hybridized carbons (Fsp3) is 0.278. The molecule has 0 radical (unpaired) electrons. The molecule has 0 bridgehead atoms. The number of nitrogens with one attached hydrogen (secondary N) is 1. The van der Waals surface area contributed by atoms with Gasteiger partial charge in [-0.2, -0.15) is 5.48 Å². The lowest BCUT2D eigenvalue weighted by Crippen LogP contribution is -2.30. The summed E-state index contributed by atoms with van der Waals surface area (Å²) >= 11 is 7.01. The maximum Gasteiger partial charge on any atom is 0.446 e. The van der Waals surface area contributed by atoms with Crippen LogP contribution in [0.3, 0.4) is 0 Å². The summed E-state index contributed by atoms with van der Waals surface area (Å²) < 4.78 is 20.3. The van der Waals surface area contributed by atoms with E-state index in [1.54, 1.807) is 18.3 Å². The predicted molar refractivity (Wildman–Crippen MR) is 99.8 cm³/mol. The van der Waals surface area contributed by atoms with E-state index in [-0.39, 0.29) is 11.7 Å². The Morgan fingerprint density at radius 1 is 1.30 bits per heavy atom. The molecule has 140 valence electrons. The molecule has 3 aromatic rings. The fourth-order valence-electron chi connectivity index (χ4n) is 3.19. The van der Waals surface area contributed by atoms with Gasteiger partial charge in [-0.1, -0.05) is 24.4 Å². The first-order chi connectivity index (χ1) is 13.1. The number of aromatic nitrogens is 2. The predicted octanol–water partition coefficient (Wildman–Crippen LogP) is 5.22. The van der Waals surface area contributed by atoms with Gasteiger partial charge in [-0.15, -0.1) is 11.3 Å². The molecule has 27 heavy (non-hydrogen) atoms. The molecule has 0 atom stereocenters. The van der Waals surface area contributed by atoms with E-state index in [9.17, 15) is 9.18 Å². The monoisotopic (exact) mass is 407 g/mol. The van der Waals surface area contributed by atoms with Crippen molar-refractivity contribution in [1.82, 2.24) is 15.4 Å². The van der Waals surface area contributed by atoms with Gasteiger partial charge in [0, 0.05) is 24.2 Å². The molecule has 1 fully saturated rings. The van der Waals surface area contributed by atoms with Crippen molar-refractivity contribution in [2.24, 2.45) is 0 Å². The minimum Gasteiger partial charge on any atom is -0.406 e. The molecule has 0 aliphatic heterocycles. The Hall–Kier alpha value is -2.45. The Bertz CT molecular complexity index is 991. The van der Waals surface area contributed by atoms with E-state index in [2.05, 4.69) is 15.4 Å². The zero-order valence-corrected chi connectivity index (χ0v) is 15.6. The van der Waals surface area contributed by atoms with Gasteiger partial charge < -0.3 is 9.57 Å². The van der Waals surface area contributed by atoms with Gasteiger partial charge in [0.1, 0.15) is 0 Å². The van der Waals surface area contributed by atoms with E-state index in [1.165, 1.54) is 23.5 Å². The van der Waals surface area contributed by atoms with E-state index < -0.39 is 11.9 Å². The molecule has 4 rings (SSSR count). The first kappa shape index (κ1) is 17.9. The molecule has 1 aromatic carbocycles. The van der Waals surface area contributed by atoms with E-state index >= 15 is 0 Å². The number of halogens is 2. The second-order valence-corrected chi connectivity index (χ2v) is 7.79. The highest BCUT2D eigenvalue weighted by Crippen LogP contribution is 2.37. The Kier molecular flexibility index (Phi) is 5.09. The summed E-state index contributed by atoms with van der Waals surface area (Å²) in [5.41, 5.74) is 3.29. The molecule has 2 heterocycles. The second kappa shape index (κ2) is 7.66. The van der Waals surface area contributed by atoms with Crippen molar-refractivity contribution in [2.45, 2.75) is 31.6 Å². The van der Waals surface area contributed by atoms with E-state index in [1.807, 2.05) is 0 Å². The molecule has 9 heteroatoms. The highest BCUT2D eigenvalue weighted by atomic mass is 35.5. The summed E-state index contributed by atoms with van der Waals surface area (Å²) in [5, 5.41) is 0. The average Bonchev–Trinajstić information content (AvgIpc) is 3.29. The smallest absolute Gasteiger partial charge is 0.406 e. The lowest BCUT2D eigenvalue weighted by molar-refractivity contribution is 0.138. The standard InChI is InChI=1S/C18H15ClFN3O3S/c19-17-22-12-8-11(20)14(9-15(12)27-17)26-23-18(24)25-13-6-3-7-21-16(13)10-4-1-2-5-10/h3,6-10H,1-2,4-5H2,(H,23,24). The Morgan fingerprint density at radius 2 is 2.11 bits per heavy atom. The highest BCUT2D eigenvalue weighted by Gasteiger charge is 2.23. The van der Waals surface area contributed by atoms with Crippen molar-refractivity contribution in [1.29, 1.82) is 0 Å². The summed E-state index contributed by atoms with van der Waals surface area (Å²) in [6, 6.07) is 6.00. The minimum atomic E-state index is -0.857. The van der Waals surface area contributed by atoms with Crippen LogP contribution in [-0.2, 0) is 0 Å². The molecule has 1 aliphatic rings. The van der Waals surface area contributed by atoms with Crippen LogP contribution in [-0.4, -0.2) is 16.1 Å². The van der Waals surface area contributed by atoms with Crippen molar-refractivity contribution in [3.05, 3.63) is 46.4 Å². The largest absolute Gasteiger partial charge is 0.446 e. The second-order valence-electron chi connectivity index (χ2n) is 6.18. The lowest BCUT2D eigenvalue weighted by atomic mass is 10.0. The lowest BCUT2D eigenvalue weighted by Gasteiger charge is -2.14. The third kappa shape index (κ3) is 3.96. The van der Waals surface area contributed by atoms with E-state index in [0.29, 0.717) is 20.4 Å². The number of benzene rings is 1. The molecular weight excluding hydrogens is 393 g/mol. The Labute approximate surface area is 163 Å². The summed E-state index contributed by atoms with van der Waals surface area (Å²) in [7, 11) is 0. The molecule has 0 spiro atoms. The Morgan fingerprint density at radius 3 is 2.93 bits per heavy atom. The SMILES string of the molecule is O=C(NOc1cc2sc(Cl)nc2cc1F)Oc1cccnc1C1CCCC1. The topological polar surface area (TPSA) is 73.3 Å². The number of hydrogen-bond acceptors (Lipinski definition) is 6. The molecule has 0 unspecified atom stereocenters. The molecule has 1 amide bonds. The van der Waals surface area contributed by atoms with Gasteiger partial charge in [0.25, 0.3) is 0 Å². The maximum atomic E-state index is 14.1. The maximum absolute atomic E-state index is 14.1. The molecule has 2 aromatic heterocycles. The number of amides is 1. The first-order valence-electron chi connectivity index (χ1n) is 8.45. The molecule has 1 N–H and O–H groups in total. The number of fused-ring (bicyclic) bond motifs is 1. The number of carbonyl (C=O) groups is 1. The van der Waals surface area contributed by atoms with Gasteiger partial charge in [0.15, 0.2) is 21.8 Å². The normalized spacial score (nSPS) is 14.4. The summed E-state index contributed by atoms with van der Waals surface area (Å²) in [6.07, 6.45) is 5.14. The zero-order chi connectivity index (χ0) is 18.8. The van der Waals surface area contributed by atoms with Crippen LogP contribution < -0.4 is 15.1 Å². The van der Waals surface area contributed by atoms with Crippen LogP contribution in [0.5, 0.6) is 11.5 Å². The number of thiazole rings is 1. The number of nitrogens with zero attached hydrogens (tertiary/aromatic N) is 2. The van der Waals surface area contributed by atoms with Crippen molar-refractivity contribution >= 4 is 39.2 Å². The quantitative estimate of drug-likeness (QED) is 0.600.